The van der Waals surface area contributed by atoms with E-state index in [2.05, 4.69) is 24.8 Å². The number of hydrogen-bond donors (Lipinski definition) is 0. The Morgan fingerprint density at radius 2 is 1.66 bits per heavy atom. The molecule has 1 fully saturated rings. The molecule has 8 heteroatoms. The predicted octanol–water partition coefficient (Wildman–Crippen LogP) is 3.41. The summed E-state index contributed by atoms with van der Waals surface area (Å²) in [7, 11) is 0. The number of morpholine rings is 1. The average Bonchev–Trinajstić information content (AvgIpc) is 2.89. The van der Waals surface area contributed by atoms with Gasteiger partial charge in [0.25, 0.3) is 0 Å². The second-order valence-electron chi connectivity index (χ2n) is 7.27. The van der Waals surface area contributed by atoms with E-state index in [1.807, 2.05) is 54.6 Å². The third kappa shape index (κ3) is 4.70. The van der Waals surface area contributed by atoms with E-state index in [1.54, 1.807) is 18.6 Å². The lowest BCUT2D eigenvalue weighted by Gasteiger charge is -2.28. The van der Waals surface area contributed by atoms with Gasteiger partial charge in [-0.25, -0.2) is 9.97 Å². The molecule has 0 spiro atoms. The molecule has 0 unspecified atom stereocenters. The van der Waals surface area contributed by atoms with Crippen molar-refractivity contribution in [2.45, 2.75) is 6.61 Å². The Hall–Kier alpha value is -3.91. The van der Waals surface area contributed by atoms with Crippen molar-refractivity contribution in [1.82, 2.24) is 24.9 Å². The minimum absolute atomic E-state index is 0.287. The number of hydrogen-bond acceptors (Lipinski definition) is 8. The van der Waals surface area contributed by atoms with Crippen molar-refractivity contribution in [2.24, 2.45) is 0 Å². The molecule has 0 atom stereocenters. The molecule has 1 saturated heterocycles. The Balaban J connectivity index is 1.49. The van der Waals surface area contributed by atoms with Crippen LogP contribution in [-0.2, 0) is 11.3 Å². The summed E-state index contributed by atoms with van der Waals surface area (Å²) in [5.74, 6) is 1.30. The van der Waals surface area contributed by atoms with E-state index < -0.39 is 0 Å². The molecule has 32 heavy (non-hydrogen) atoms. The van der Waals surface area contributed by atoms with E-state index in [0.717, 1.165) is 35.7 Å². The smallest absolute Gasteiger partial charge is 0.319 e. The first-order chi connectivity index (χ1) is 15.8. The van der Waals surface area contributed by atoms with Crippen molar-refractivity contribution < 1.29 is 9.47 Å². The van der Waals surface area contributed by atoms with Crippen LogP contribution in [0, 0.1) is 0 Å². The van der Waals surface area contributed by atoms with Crippen molar-refractivity contribution in [3.63, 3.8) is 0 Å². The maximum Gasteiger partial charge on any atom is 0.319 e. The molecule has 3 aromatic heterocycles. The molecule has 0 radical (unpaired) electrons. The fraction of sp³-hybridized carbons (Fsp3) is 0.208. The highest BCUT2D eigenvalue weighted by atomic mass is 16.5. The standard InChI is InChI=1S/C24H22N6O2/c1-2-4-19(5-3-1)20-8-11-26-23(27-20)21-16-22(30-12-14-31-15-13-30)29-24(28-21)32-17-18-6-9-25-10-7-18/h1-11,16H,12-15,17H2. The second kappa shape index (κ2) is 9.49. The Kier molecular flexibility index (Phi) is 5.93. The van der Waals surface area contributed by atoms with Gasteiger partial charge >= 0.3 is 6.01 Å². The molecule has 0 amide bonds. The van der Waals surface area contributed by atoms with Crippen LogP contribution in [0.3, 0.4) is 0 Å². The Bertz CT molecular complexity index is 1170. The normalized spacial score (nSPS) is 13.7. The number of aromatic nitrogens is 5. The summed E-state index contributed by atoms with van der Waals surface area (Å²) in [4.78, 5) is 24.7. The van der Waals surface area contributed by atoms with E-state index in [-0.39, 0.29) is 6.01 Å². The van der Waals surface area contributed by atoms with E-state index >= 15 is 0 Å². The highest BCUT2D eigenvalue weighted by Crippen LogP contribution is 2.25. The lowest BCUT2D eigenvalue weighted by molar-refractivity contribution is 0.122. The van der Waals surface area contributed by atoms with Crippen molar-refractivity contribution in [3.05, 3.63) is 78.8 Å². The average molecular weight is 426 g/mol. The zero-order valence-corrected chi connectivity index (χ0v) is 17.5. The zero-order chi connectivity index (χ0) is 21.6. The molecule has 4 aromatic rings. The lowest BCUT2D eigenvalue weighted by Crippen LogP contribution is -2.36. The summed E-state index contributed by atoms with van der Waals surface area (Å²) in [6, 6.07) is 17.9. The van der Waals surface area contributed by atoms with Gasteiger partial charge in [-0.1, -0.05) is 30.3 Å². The van der Waals surface area contributed by atoms with Crippen molar-refractivity contribution in [3.8, 4) is 28.8 Å². The number of benzene rings is 1. The van der Waals surface area contributed by atoms with Gasteiger partial charge in [0.1, 0.15) is 18.1 Å². The minimum atomic E-state index is 0.287. The fourth-order valence-corrected chi connectivity index (χ4v) is 3.43. The van der Waals surface area contributed by atoms with Gasteiger partial charge in [0.15, 0.2) is 5.82 Å². The van der Waals surface area contributed by atoms with E-state index in [0.29, 0.717) is 31.3 Å². The summed E-state index contributed by atoms with van der Waals surface area (Å²) >= 11 is 0. The molecule has 4 heterocycles. The number of anilines is 1. The van der Waals surface area contributed by atoms with Crippen molar-refractivity contribution in [2.75, 3.05) is 31.2 Å². The van der Waals surface area contributed by atoms with Crippen molar-refractivity contribution in [1.29, 1.82) is 0 Å². The fourth-order valence-electron chi connectivity index (χ4n) is 3.43. The van der Waals surface area contributed by atoms with Crippen LogP contribution in [0.5, 0.6) is 6.01 Å². The molecular weight excluding hydrogens is 404 g/mol. The topological polar surface area (TPSA) is 86.2 Å². The van der Waals surface area contributed by atoms with Crippen LogP contribution in [0.2, 0.25) is 0 Å². The molecular formula is C24H22N6O2. The molecule has 0 N–H and O–H groups in total. The van der Waals surface area contributed by atoms with Crippen LogP contribution in [0.15, 0.2) is 73.2 Å². The molecule has 5 rings (SSSR count). The maximum absolute atomic E-state index is 5.94. The van der Waals surface area contributed by atoms with Crippen LogP contribution in [0.25, 0.3) is 22.8 Å². The summed E-state index contributed by atoms with van der Waals surface area (Å²) < 4.78 is 11.4. The van der Waals surface area contributed by atoms with Crippen LogP contribution >= 0.6 is 0 Å². The third-order valence-corrected chi connectivity index (χ3v) is 5.10. The summed E-state index contributed by atoms with van der Waals surface area (Å²) in [6.45, 7) is 3.18. The van der Waals surface area contributed by atoms with Gasteiger partial charge in [0, 0.05) is 43.3 Å². The monoisotopic (exact) mass is 426 g/mol. The second-order valence-corrected chi connectivity index (χ2v) is 7.27. The van der Waals surface area contributed by atoms with Gasteiger partial charge in [0.05, 0.1) is 18.9 Å². The summed E-state index contributed by atoms with van der Waals surface area (Å²) in [6.07, 6.45) is 5.22. The van der Waals surface area contributed by atoms with Crippen molar-refractivity contribution >= 4 is 5.82 Å². The maximum atomic E-state index is 5.94. The number of pyridine rings is 1. The third-order valence-electron chi connectivity index (χ3n) is 5.10. The summed E-state index contributed by atoms with van der Waals surface area (Å²) in [5.41, 5.74) is 3.46. The highest BCUT2D eigenvalue weighted by molar-refractivity contribution is 5.63. The van der Waals surface area contributed by atoms with Gasteiger partial charge in [-0.2, -0.15) is 9.97 Å². The Labute approximate surface area is 186 Å². The van der Waals surface area contributed by atoms with Crippen LogP contribution in [0.4, 0.5) is 5.82 Å². The molecule has 8 nitrogen and oxygen atoms in total. The SMILES string of the molecule is c1ccc(-c2ccnc(-c3cc(N4CCOCC4)nc(OCc4ccncc4)n3)n2)cc1. The number of nitrogens with zero attached hydrogens (tertiary/aromatic N) is 6. The number of rotatable bonds is 6. The van der Waals surface area contributed by atoms with Gasteiger partial charge in [-0.3, -0.25) is 4.98 Å². The first kappa shape index (κ1) is 20.0. The van der Waals surface area contributed by atoms with E-state index in [1.165, 1.54) is 0 Å². The molecule has 160 valence electrons. The Morgan fingerprint density at radius 1 is 0.844 bits per heavy atom. The highest BCUT2D eigenvalue weighted by Gasteiger charge is 2.18. The van der Waals surface area contributed by atoms with Gasteiger partial charge in [0.2, 0.25) is 0 Å². The van der Waals surface area contributed by atoms with E-state index in [4.69, 9.17) is 14.5 Å². The summed E-state index contributed by atoms with van der Waals surface area (Å²) in [5, 5.41) is 0. The lowest BCUT2D eigenvalue weighted by atomic mass is 10.1. The molecule has 0 aliphatic carbocycles. The van der Waals surface area contributed by atoms with Crippen LogP contribution in [-0.4, -0.2) is 51.2 Å². The first-order valence-corrected chi connectivity index (χ1v) is 10.5. The largest absolute Gasteiger partial charge is 0.459 e. The molecule has 1 aromatic carbocycles. The molecule has 1 aliphatic heterocycles. The van der Waals surface area contributed by atoms with Crippen LogP contribution < -0.4 is 9.64 Å². The molecule has 1 aliphatic rings. The minimum Gasteiger partial charge on any atom is -0.459 e. The number of ether oxygens (including phenoxy) is 2. The first-order valence-electron chi connectivity index (χ1n) is 10.5. The van der Waals surface area contributed by atoms with Gasteiger partial charge in [-0.15, -0.1) is 0 Å². The zero-order valence-electron chi connectivity index (χ0n) is 17.5. The molecule has 0 bridgehead atoms. The predicted molar refractivity (Wildman–Crippen MR) is 120 cm³/mol. The van der Waals surface area contributed by atoms with Gasteiger partial charge < -0.3 is 14.4 Å². The van der Waals surface area contributed by atoms with E-state index in [9.17, 15) is 0 Å². The molecule has 0 saturated carbocycles. The quantitative estimate of drug-likeness (QED) is 0.464. The van der Waals surface area contributed by atoms with Crippen LogP contribution in [0.1, 0.15) is 5.56 Å². The van der Waals surface area contributed by atoms with Gasteiger partial charge in [-0.05, 0) is 23.8 Å². The Morgan fingerprint density at radius 3 is 2.47 bits per heavy atom.